The molecule has 0 aliphatic carbocycles. The zero-order chi connectivity index (χ0) is 15.9. The predicted molar refractivity (Wildman–Crippen MR) is 86.8 cm³/mol. The van der Waals surface area contributed by atoms with E-state index in [1.165, 1.54) is 6.20 Å². The maximum Gasteiger partial charge on any atom is 0.206 e. The number of hydrogen-bond acceptors (Lipinski definition) is 4. The summed E-state index contributed by atoms with van der Waals surface area (Å²) in [6.45, 7) is 1.86. The number of pyridine rings is 3. The van der Waals surface area contributed by atoms with Crippen molar-refractivity contribution in [2.24, 2.45) is 0 Å². The molecule has 0 saturated carbocycles. The van der Waals surface area contributed by atoms with Gasteiger partial charge in [-0.1, -0.05) is 12.1 Å². The van der Waals surface area contributed by atoms with Gasteiger partial charge in [-0.05, 0) is 30.3 Å². The van der Waals surface area contributed by atoms with Gasteiger partial charge in [0.2, 0.25) is 5.69 Å². The molecule has 23 heavy (non-hydrogen) atoms. The summed E-state index contributed by atoms with van der Waals surface area (Å²) in [6.07, 6.45) is 5.09. The molecule has 5 nitrogen and oxygen atoms in total. The van der Waals surface area contributed by atoms with E-state index in [0.717, 1.165) is 16.1 Å². The summed E-state index contributed by atoms with van der Waals surface area (Å²) in [7, 11) is 0. The molecular formula is C18H18N4O. The Kier molecular flexibility index (Phi) is 4.91. The number of nitrogens with zero attached hydrogens (tertiary/aromatic N) is 4. The topological polar surface area (TPSA) is 56.0 Å². The average Bonchev–Trinajstić information content (AvgIpc) is 2.59. The SMILES string of the molecule is [O-][n+]1ccccc1CN(Cc1ccccn1)Cc1ccccn1. The number of rotatable bonds is 6. The van der Waals surface area contributed by atoms with Gasteiger partial charge in [-0.2, -0.15) is 4.73 Å². The van der Waals surface area contributed by atoms with E-state index in [1.54, 1.807) is 18.5 Å². The number of aromatic nitrogens is 3. The first-order valence-corrected chi connectivity index (χ1v) is 7.50. The molecule has 3 aromatic heterocycles. The largest absolute Gasteiger partial charge is 0.618 e. The summed E-state index contributed by atoms with van der Waals surface area (Å²) in [5.41, 5.74) is 2.65. The van der Waals surface area contributed by atoms with Crippen LogP contribution in [0.3, 0.4) is 0 Å². The van der Waals surface area contributed by atoms with Gasteiger partial charge in [0.15, 0.2) is 6.20 Å². The van der Waals surface area contributed by atoms with Crippen LogP contribution >= 0.6 is 0 Å². The molecule has 0 amide bonds. The molecule has 116 valence electrons. The van der Waals surface area contributed by atoms with Gasteiger partial charge in [-0.15, -0.1) is 0 Å². The van der Waals surface area contributed by atoms with Crippen molar-refractivity contribution in [3.05, 3.63) is 95.5 Å². The lowest BCUT2D eigenvalue weighted by Crippen LogP contribution is -2.35. The molecular weight excluding hydrogens is 288 g/mol. The Labute approximate surface area is 135 Å². The van der Waals surface area contributed by atoms with Crippen LogP contribution in [0.1, 0.15) is 17.1 Å². The van der Waals surface area contributed by atoms with Crippen LogP contribution in [0.2, 0.25) is 0 Å². The van der Waals surface area contributed by atoms with E-state index < -0.39 is 0 Å². The monoisotopic (exact) mass is 306 g/mol. The van der Waals surface area contributed by atoms with Gasteiger partial charge in [0, 0.05) is 37.6 Å². The molecule has 0 aliphatic heterocycles. The van der Waals surface area contributed by atoms with E-state index in [1.807, 2.05) is 48.5 Å². The normalized spacial score (nSPS) is 10.8. The van der Waals surface area contributed by atoms with Crippen molar-refractivity contribution >= 4 is 0 Å². The Bertz CT molecular complexity index is 693. The fraction of sp³-hybridized carbons (Fsp3) is 0.167. The van der Waals surface area contributed by atoms with Crippen LogP contribution in [0, 0.1) is 5.21 Å². The van der Waals surface area contributed by atoms with Crippen molar-refractivity contribution in [1.29, 1.82) is 0 Å². The lowest BCUT2D eigenvalue weighted by atomic mass is 10.2. The Hall–Kier alpha value is -2.79. The quantitative estimate of drug-likeness (QED) is 0.518. The molecule has 0 radical (unpaired) electrons. The summed E-state index contributed by atoms with van der Waals surface area (Å²) in [5.74, 6) is 0. The van der Waals surface area contributed by atoms with Crippen LogP contribution in [0.4, 0.5) is 0 Å². The van der Waals surface area contributed by atoms with Crippen molar-refractivity contribution in [1.82, 2.24) is 14.9 Å². The third-order valence-electron chi connectivity index (χ3n) is 3.51. The van der Waals surface area contributed by atoms with Crippen LogP contribution in [0.5, 0.6) is 0 Å². The maximum absolute atomic E-state index is 11.9. The molecule has 0 saturated heterocycles. The third-order valence-corrected chi connectivity index (χ3v) is 3.51. The molecule has 0 aromatic carbocycles. The Morgan fingerprint density at radius 2 is 1.39 bits per heavy atom. The van der Waals surface area contributed by atoms with Gasteiger partial charge in [-0.25, -0.2) is 0 Å². The van der Waals surface area contributed by atoms with E-state index in [-0.39, 0.29) is 0 Å². The molecule has 3 aromatic rings. The van der Waals surface area contributed by atoms with Crippen LogP contribution < -0.4 is 4.73 Å². The van der Waals surface area contributed by atoms with Gasteiger partial charge in [0.25, 0.3) is 0 Å². The smallest absolute Gasteiger partial charge is 0.206 e. The van der Waals surface area contributed by atoms with Crippen LogP contribution in [0.25, 0.3) is 0 Å². The zero-order valence-corrected chi connectivity index (χ0v) is 12.7. The molecule has 3 heterocycles. The third kappa shape index (κ3) is 4.34. The van der Waals surface area contributed by atoms with E-state index in [9.17, 15) is 5.21 Å². The minimum Gasteiger partial charge on any atom is -0.618 e. The first-order valence-electron chi connectivity index (χ1n) is 7.50. The van der Waals surface area contributed by atoms with Crippen molar-refractivity contribution < 1.29 is 4.73 Å². The summed E-state index contributed by atoms with van der Waals surface area (Å²) in [5, 5.41) is 11.9. The molecule has 0 aliphatic rings. The van der Waals surface area contributed by atoms with Crippen LogP contribution in [-0.4, -0.2) is 14.9 Å². The second-order valence-electron chi connectivity index (χ2n) is 5.31. The van der Waals surface area contributed by atoms with E-state index >= 15 is 0 Å². The molecule has 0 N–H and O–H groups in total. The highest BCUT2D eigenvalue weighted by molar-refractivity contribution is 5.07. The second-order valence-corrected chi connectivity index (χ2v) is 5.31. The maximum atomic E-state index is 11.9. The minimum absolute atomic E-state index is 0.539. The Morgan fingerprint density at radius 1 is 0.783 bits per heavy atom. The molecule has 0 fully saturated rings. The number of hydrogen-bond donors (Lipinski definition) is 0. The van der Waals surface area contributed by atoms with Crippen molar-refractivity contribution in [2.75, 3.05) is 0 Å². The summed E-state index contributed by atoms with van der Waals surface area (Å²) < 4.78 is 0.907. The predicted octanol–water partition coefficient (Wildman–Crippen LogP) is 2.31. The summed E-state index contributed by atoms with van der Waals surface area (Å²) in [4.78, 5) is 10.9. The van der Waals surface area contributed by atoms with E-state index in [4.69, 9.17) is 0 Å². The lowest BCUT2D eigenvalue weighted by molar-refractivity contribution is -0.615. The second kappa shape index (κ2) is 7.47. The first-order chi connectivity index (χ1) is 11.3. The van der Waals surface area contributed by atoms with E-state index in [0.29, 0.717) is 25.3 Å². The van der Waals surface area contributed by atoms with Crippen molar-refractivity contribution in [3.8, 4) is 0 Å². The molecule has 0 atom stereocenters. The van der Waals surface area contributed by atoms with E-state index in [2.05, 4.69) is 14.9 Å². The van der Waals surface area contributed by atoms with Gasteiger partial charge in [0.05, 0.1) is 17.9 Å². The van der Waals surface area contributed by atoms with Gasteiger partial charge >= 0.3 is 0 Å². The molecule has 5 heteroatoms. The van der Waals surface area contributed by atoms with Crippen LogP contribution in [0.15, 0.2) is 73.2 Å². The lowest BCUT2D eigenvalue weighted by Gasteiger charge is -2.20. The fourth-order valence-corrected chi connectivity index (χ4v) is 2.42. The zero-order valence-electron chi connectivity index (χ0n) is 12.7. The molecule has 0 spiro atoms. The summed E-state index contributed by atoms with van der Waals surface area (Å²) >= 11 is 0. The average molecular weight is 306 g/mol. The standard InChI is InChI=1S/C18H18N4O/c23-22-12-6-3-9-18(22)15-21(13-16-7-1-4-10-19-16)14-17-8-2-5-11-20-17/h1-12H,13-15H2. The van der Waals surface area contributed by atoms with Gasteiger partial charge in [-0.3, -0.25) is 14.9 Å². The summed E-state index contributed by atoms with van der Waals surface area (Å²) in [6, 6.07) is 17.2. The fourth-order valence-electron chi connectivity index (χ4n) is 2.42. The van der Waals surface area contributed by atoms with Gasteiger partial charge < -0.3 is 5.21 Å². The van der Waals surface area contributed by atoms with Crippen LogP contribution in [-0.2, 0) is 19.6 Å². The highest BCUT2D eigenvalue weighted by Gasteiger charge is 2.14. The van der Waals surface area contributed by atoms with Crippen molar-refractivity contribution in [2.45, 2.75) is 19.6 Å². The highest BCUT2D eigenvalue weighted by atomic mass is 16.5. The molecule has 0 bridgehead atoms. The Balaban J connectivity index is 1.79. The highest BCUT2D eigenvalue weighted by Crippen LogP contribution is 2.10. The first kappa shape index (κ1) is 15.1. The van der Waals surface area contributed by atoms with Crippen molar-refractivity contribution in [3.63, 3.8) is 0 Å². The van der Waals surface area contributed by atoms with Gasteiger partial charge in [0.1, 0.15) is 0 Å². The minimum atomic E-state index is 0.539. The molecule has 0 unspecified atom stereocenters. The molecule has 3 rings (SSSR count). The Morgan fingerprint density at radius 3 is 1.91 bits per heavy atom.